The van der Waals surface area contributed by atoms with Crippen LogP contribution in [-0.4, -0.2) is 6.54 Å². The predicted octanol–water partition coefficient (Wildman–Crippen LogP) is 3.73. The molecule has 0 amide bonds. The fraction of sp³-hybridized carbons (Fsp3) is 0.625. The summed E-state index contributed by atoms with van der Waals surface area (Å²) in [6.45, 7) is 7.59. The largest absolute Gasteiger partial charge is 0.330 e. The van der Waals surface area contributed by atoms with E-state index in [4.69, 9.17) is 5.73 Å². The predicted molar refractivity (Wildman–Crippen MR) is 76.4 cm³/mol. The maximum absolute atomic E-state index is 5.58. The van der Waals surface area contributed by atoms with Crippen LogP contribution in [0, 0.1) is 5.92 Å². The summed E-state index contributed by atoms with van der Waals surface area (Å²) in [4.78, 5) is 0. The molecule has 0 aliphatic heterocycles. The molecule has 0 radical (unpaired) electrons. The quantitative estimate of drug-likeness (QED) is 0.763. The molecule has 17 heavy (non-hydrogen) atoms. The minimum Gasteiger partial charge on any atom is -0.330 e. The van der Waals surface area contributed by atoms with E-state index in [0.29, 0.717) is 0 Å². The average Bonchev–Trinajstić information content (AvgIpc) is 2.36. The van der Waals surface area contributed by atoms with Crippen molar-refractivity contribution in [2.45, 2.75) is 52.9 Å². The SMILES string of the molecule is CCc1ccc(CCC(C)CCN)cc1CC. The molecule has 0 saturated carbocycles. The first-order chi connectivity index (χ1) is 8.21. The molecular weight excluding hydrogens is 206 g/mol. The molecule has 1 unspecified atom stereocenters. The molecule has 1 atom stereocenters. The van der Waals surface area contributed by atoms with Crippen molar-refractivity contribution in [1.29, 1.82) is 0 Å². The topological polar surface area (TPSA) is 26.0 Å². The van der Waals surface area contributed by atoms with Crippen molar-refractivity contribution in [3.8, 4) is 0 Å². The molecule has 0 saturated heterocycles. The summed E-state index contributed by atoms with van der Waals surface area (Å²) in [5, 5.41) is 0. The fourth-order valence-electron chi connectivity index (χ4n) is 2.35. The van der Waals surface area contributed by atoms with E-state index in [1.165, 1.54) is 29.5 Å². The molecule has 0 fully saturated rings. The van der Waals surface area contributed by atoms with Gasteiger partial charge in [0, 0.05) is 0 Å². The lowest BCUT2D eigenvalue weighted by Crippen LogP contribution is -2.06. The van der Waals surface area contributed by atoms with Crippen LogP contribution in [0.3, 0.4) is 0 Å². The molecule has 1 aromatic carbocycles. The molecule has 96 valence electrons. The van der Waals surface area contributed by atoms with Crippen molar-refractivity contribution >= 4 is 0 Å². The van der Waals surface area contributed by atoms with Gasteiger partial charge in [-0.1, -0.05) is 39.0 Å². The summed E-state index contributed by atoms with van der Waals surface area (Å²) in [6, 6.07) is 7.00. The molecule has 0 aromatic heterocycles. The Kier molecular flexibility index (Phi) is 6.28. The third-order valence-electron chi connectivity index (χ3n) is 3.62. The number of nitrogens with two attached hydrogens (primary N) is 1. The van der Waals surface area contributed by atoms with Gasteiger partial charge in [-0.15, -0.1) is 0 Å². The molecule has 0 spiro atoms. The Labute approximate surface area is 106 Å². The number of rotatable bonds is 7. The van der Waals surface area contributed by atoms with E-state index < -0.39 is 0 Å². The lowest BCUT2D eigenvalue weighted by atomic mass is 9.94. The Bertz CT molecular complexity index is 330. The van der Waals surface area contributed by atoms with Crippen LogP contribution in [-0.2, 0) is 19.3 Å². The second kappa shape index (κ2) is 7.50. The number of hydrogen-bond donors (Lipinski definition) is 1. The molecule has 2 N–H and O–H groups in total. The van der Waals surface area contributed by atoms with Crippen LogP contribution in [0.2, 0.25) is 0 Å². The van der Waals surface area contributed by atoms with Crippen molar-refractivity contribution < 1.29 is 0 Å². The van der Waals surface area contributed by atoms with Gasteiger partial charge in [0.1, 0.15) is 0 Å². The zero-order chi connectivity index (χ0) is 12.7. The Morgan fingerprint density at radius 3 is 2.35 bits per heavy atom. The Hall–Kier alpha value is -0.820. The second-order valence-corrected chi connectivity index (χ2v) is 5.03. The van der Waals surface area contributed by atoms with Crippen LogP contribution in [0.4, 0.5) is 0 Å². The summed E-state index contributed by atoms with van der Waals surface area (Å²) >= 11 is 0. The maximum atomic E-state index is 5.58. The minimum absolute atomic E-state index is 0.746. The standard InChI is InChI=1S/C16H27N/c1-4-15-9-8-14(12-16(15)5-2)7-6-13(3)10-11-17/h8-9,12-13H,4-7,10-11,17H2,1-3H3. The van der Waals surface area contributed by atoms with E-state index in [9.17, 15) is 0 Å². The Morgan fingerprint density at radius 1 is 1.06 bits per heavy atom. The zero-order valence-electron chi connectivity index (χ0n) is 11.6. The van der Waals surface area contributed by atoms with E-state index in [2.05, 4.69) is 39.0 Å². The normalized spacial score (nSPS) is 12.7. The van der Waals surface area contributed by atoms with Gasteiger partial charge in [-0.05, 0) is 61.3 Å². The second-order valence-electron chi connectivity index (χ2n) is 5.03. The fourth-order valence-corrected chi connectivity index (χ4v) is 2.35. The highest BCUT2D eigenvalue weighted by Gasteiger charge is 2.04. The molecule has 0 aliphatic carbocycles. The third-order valence-corrected chi connectivity index (χ3v) is 3.62. The van der Waals surface area contributed by atoms with Gasteiger partial charge in [-0.2, -0.15) is 0 Å². The molecule has 1 nitrogen and oxygen atoms in total. The van der Waals surface area contributed by atoms with Crippen LogP contribution in [0.1, 0.15) is 50.3 Å². The van der Waals surface area contributed by atoms with Crippen LogP contribution in [0.15, 0.2) is 18.2 Å². The van der Waals surface area contributed by atoms with Crippen molar-refractivity contribution in [1.82, 2.24) is 0 Å². The number of hydrogen-bond acceptors (Lipinski definition) is 1. The third kappa shape index (κ3) is 4.51. The van der Waals surface area contributed by atoms with Crippen LogP contribution < -0.4 is 5.73 Å². The monoisotopic (exact) mass is 233 g/mol. The van der Waals surface area contributed by atoms with Gasteiger partial charge in [0.25, 0.3) is 0 Å². The smallest absolute Gasteiger partial charge is 0.00747 e. The lowest BCUT2D eigenvalue weighted by molar-refractivity contribution is 0.499. The van der Waals surface area contributed by atoms with Crippen LogP contribution >= 0.6 is 0 Å². The number of benzene rings is 1. The van der Waals surface area contributed by atoms with Crippen LogP contribution in [0.25, 0.3) is 0 Å². The average molecular weight is 233 g/mol. The summed E-state index contributed by atoms with van der Waals surface area (Å²) in [6.07, 6.45) is 5.89. The van der Waals surface area contributed by atoms with Crippen molar-refractivity contribution in [2.24, 2.45) is 11.7 Å². The van der Waals surface area contributed by atoms with Gasteiger partial charge in [0.2, 0.25) is 0 Å². The highest BCUT2D eigenvalue weighted by molar-refractivity contribution is 5.32. The van der Waals surface area contributed by atoms with E-state index >= 15 is 0 Å². The highest BCUT2D eigenvalue weighted by Crippen LogP contribution is 2.17. The first-order valence-electron chi connectivity index (χ1n) is 7.02. The highest BCUT2D eigenvalue weighted by atomic mass is 14.5. The molecule has 0 aliphatic rings. The van der Waals surface area contributed by atoms with Crippen molar-refractivity contribution in [3.63, 3.8) is 0 Å². The molecule has 1 aromatic rings. The summed E-state index contributed by atoms with van der Waals surface area (Å²) in [5.74, 6) is 0.746. The summed E-state index contributed by atoms with van der Waals surface area (Å²) < 4.78 is 0. The molecule has 1 heteroatoms. The van der Waals surface area contributed by atoms with E-state index in [1.807, 2.05) is 0 Å². The van der Waals surface area contributed by atoms with Crippen molar-refractivity contribution in [3.05, 3.63) is 34.9 Å². The Morgan fingerprint density at radius 2 is 1.76 bits per heavy atom. The molecule has 0 heterocycles. The zero-order valence-corrected chi connectivity index (χ0v) is 11.6. The Balaban J connectivity index is 2.60. The summed E-state index contributed by atoms with van der Waals surface area (Å²) in [5.41, 5.74) is 10.1. The van der Waals surface area contributed by atoms with E-state index in [-0.39, 0.29) is 0 Å². The van der Waals surface area contributed by atoms with Crippen LogP contribution in [0.5, 0.6) is 0 Å². The van der Waals surface area contributed by atoms with Gasteiger partial charge in [-0.3, -0.25) is 0 Å². The van der Waals surface area contributed by atoms with E-state index in [0.717, 1.165) is 31.7 Å². The van der Waals surface area contributed by atoms with Gasteiger partial charge in [0.15, 0.2) is 0 Å². The van der Waals surface area contributed by atoms with Gasteiger partial charge < -0.3 is 5.73 Å². The van der Waals surface area contributed by atoms with Gasteiger partial charge in [0.05, 0.1) is 0 Å². The maximum Gasteiger partial charge on any atom is -0.00747 e. The summed E-state index contributed by atoms with van der Waals surface area (Å²) in [7, 11) is 0. The minimum atomic E-state index is 0.746. The lowest BCUT2D eigenvalue weighted by Gasteiger charge is -2.12. The van der Waals surface area contributed by atoms with Gasteiger partial charge >= 0.3 is 0 Å². The molecular formula is C16H27N. The number of aryl methyl sites for hydroxylation is 3. The molecule has 1 rings (SSSR count). The van der Waals surface area contributed by atoms with Crippen molar-refractivity contribution in [2.75, 3.05) is 6.54 Å². The first kappa shape index (κ1) is 14.2. The van der Waals surface area contributed by atoms with E-state index in [1.54, 1.807) is 0 Å². The molecule has 0 bridgehead atoms. The van der Waals surface area contributed by atoms with Gasteiger partial charge in [-0.25, -0.2) is 0 Å². The first-order valence-corrected chi connectivity index (χ1v) is 7.02.